The lowest BCUT2D eigenvalue weighted by Gasteiger charge is -2.22. The van der Waals surface area contributed by atoms with Crippen LogP contribution in [0.25, 0.3) is 0 Å². The minimum absolute atomic E-state index is 0.131. The summed E-state index contributed by atoms with van der Waals surface area (Å²) in [5.74, 6) is -0.577. The normalized spacial score (nSPS) is 12.1. The molecule has 0 aliphatic carbocycles. The second-order valence-electron chi connectivity index (χ2n) is 5.48. The minimum atomic E-state index is -3.77. The Bertz CT molecular complexity index is 960. The molecule has 0 heterocycles. The zero-order chi connectivity index (χ0) is 18.7. The van der Waals surface area contributed by atoms with E-state index < -0.39 is 25.9 Å². The van der Waals surface area contributed by atoms with Crippen LogP contribution in [0, 0.1) is 12.7 Å². The van der Waals surface area contributed by atoms with Crippen molar-refractivity contribution in [3.8, 4) is 0 Å². The first-order valence-electron chi connectivity index (χ1n) is 7.40. The molecule has 6 nitrogen and oxygen atoms in total. The first kappa shape index (κ1) is 19.4. The molecule has 0 saturated carbocycles. The van der Waals surface area contributed by atoms with Gasteiger partial charge in [-0.05, 0) is 36.8 Å². The van der Waals surface area contributed by atoms with E-state index in [4.69, 9.17) is 0 Å². The van der Waals surface area contributed by atoms with Crippen LogP contribution in [0.3, 0.4) is 0 Å². The van der Waals surface area contributed by atoms with Crippen LogP contribution < -0.4 is 9.03 Å². The van der Waals surface area contributed by atoms with Gasteiger partial charge in [0.05, 0.1) is 16.8 Å². The number of hydrogen-bond donors (Lipinski definition) is 1. The van der Waals surface area contributed by atoms with Gasteiger partial charge in [0.2, 0.25) is 20.0 Å². The highest BCUT2D eigenvalue weighted by atomic mass is 32.2. The Hall–Kier alpha value is -1.97. The minimum Gasteiger partial charge on any atom is -0.269 e. The number of hydrogen-bond acceptors (Lipinski definition) is 4. The molecule has 0 radical (unpaired) electrons. The molecule has 9 heteroatoms. The summed E-state index contributed by atoms with van der Waals surface area (Å²) in [5.41, 5.74) is 0.720. The lowest BCUT2D eigenvalue weighted by Crippen LogP contribution is -2.38. The first-order chi connectivity index (χ1) is 11.6. The van der Waals surface area contributed by atoms with E-state index >= 15 is 0 Å². The van der Waals surface area contributed by atoms with E-state index in [1.165, 1.54) is 24.3 Å². The molecule has 0 aliphatic rings. The van der Waals surface area contributed by atoms with Gasteiger partial charge in [-0.15, -0.1) is 0 Å². The van der Waals surface area contributed by atoms with Crippen molar-refractivity contribution in [2.24, 2.45) is 0 Å². The summed E-state index contributed by atoms with van der Waals surface area (Å²) in [6.07, 6.45) is 0.980. The molecule has 0 aromatic heterocycles. The molecule has 0 unspecified atom stereocenters. The lowest BCUT2D eigenvalue weighted by atomic mass is 10.2. The summed E-state index contributed by atoms with van der Waals surface area (Å²) < 4.78 is 65.3. The molecule has 0 aliphatic heterocycles. The molecule has 136 valence electrons. The van der Waals surface area contributed by atoms with Gasteiger partial charge in [0.15, 0.2) is 0 Å². The molecular formula is C16H19FN2O4S2. The van der Waals surface area contributed by atoms with Crippen molar-refractivity contribution in [1.82, 2.24) is 4.72 Å². The van der Waals surface area contributed by atoms with Crippen LogP contribution in [-0.4, -0.2) is 36.2 Å². The van der Waals surface area contributed by atoms with Crippen molar-refractivity contribution in [3.63, 3.8) is 0 Å². The number of benzene rings is 2. The van der Waals surface area contributed by atoms with Crippen molar-refractivity contribution in [1.29, 1.82) is 0 Å². The average molecular weight is 386 g/mol. The fraction of sp³-hybridized carbons (Fsp3) is 0.250. The Kier molecular flexibility index (Phi) is 5.81. The molecule has 0 amide bonds. The summed E-state index contributed by atoms with van der Waals surface area (Å²) in [4.78, 5) is 0.131. The van der Waals surface area contributed by atoms with Gasteiger partial charge in [-0.1, -0.05) is 24.3 Å². The van der Waals surface area contributed by atoms with Crippen LogP contribution in [0.5, 0.6) is 0 Å². The van der Waals surface area contributed by atoms with E-state index in [1.54, 1.807) is 25.1 Å². The predicted molar refractivity (Wildman–Crippen MR) is 95.0 cm³/mol. The SMILES string of the molecule is Cc1ccccc1S(=O)(=O)NCCN(c1cccc(F)c1)S(C)(=O)=O. The van der Waals surface area contributed by atoms with E-state index in [9.17, 15) is 21.2 Å². The average Bonchev–Trinajstić information content (AvgIpc) is 2.50. The van der Waals surface area contributed by atoms with Crippen molar-refractivity contribution in [3.05, 3.63) is 59.9 Å². The molecule has 0 spiro atoms. The third-order valence-electron chi connectivity index (χ3n) is 3.49. The molecule has 2 aromatic carbocycles. The fourth-order valence-corrected chi connectivity index (χ4v) is 4.52. The summed E-state index contributed by atoms with van der Waals surface area (Å²) in [6.45, 7) is 1.36. The summed E-state index contributed by atoms with van der Waals surface area (Å²) in [6, 6.07) is 11.6. The monoisotopic (exact) mass is 386 g/mol. The lowest BCUT2D eigenvalue weighted by molar-refractivity contribution is 0.577. The Morgan fingerprint density at radius 3 is 2.32 bits per heavy atom. The molecule has 2 rings (SSSR count). The standard InChI is InChI=1S/C16H19FN2O4S2/c1-13-6-3-4-9-16(13)25(22,23)18-10-11-19(24(2,20)21)15-8-5-7-14(17)12-15/h3-9,12,18H,10-11H2,1-2H3. The second-order valence-corrected chi connectivity index (χ2v) is 9.12. The fourth-order valence-electron chi connectivity index (χ4n) is 2.33. The molecule has 0 saturated heterocycles. The van der Waals surface area contributed by atoms with Crippen molar-refractivity contribution in [2.45, 2.75) is 11.8 Å². The third-order valence-corrected chi connectivity index (χ3v) is 6.30. The highest BCUT2D eigenvalue weighted by molar-refractivity contribution is 7.92. The molecule has 0 fully saturated rings. The zero-order valence-corrected chi connectivity index (χ0v) is 15.4. The molecule has 1 N–H and O–H groups in total. The smallest absolute Gasteiger partial charge is 0.240 e. The van der Waals surface area contributed by atoms with Gasteiger partial charge in [0.25, 0.3) is 0 Å². The van der Waals surface area contributed by atoms with E-state index in [0.717, 1.165) is 16.6 Å². The Morgan fingerprint density at radius 2 is 1.72 bits per heavy atom. The quantitative estimate of drug-likeness (QED) is 0.788. The Labute approximate surface area is 147 Å². The van der Waals surface area contributed by atoms with E-state index in [0.29, 0.717) is 5.56 Å². The molecule has 0 bridgehead atoms. The number of nitrogens with one attached hydrogen (secondary N) is 1. The highest BCUT2D eigenvalue weighted by Crippen LogP contribution is 2.18. The Balaban J connectivity index is 2.16. The topological polar surface area (TPSA) is 83.6 Å². The van der Waals surface area contributed by atoms with Crippen LogP contribution >= 0.6 is 0 Å². The van der Waals surface area contributed by atoms with Crippen molar-refractivity contribution >= 4 is 25.7 Å². The number of anilines is 1. The third kappa shape index (κ3) is 5.00. The number of halogens is 1. The van der Waals surface area contributed by atoms with E-state index in [2.05, 4.69) is 4.72 Å². The first-order valence-corrected chi connectivity index (χ1v) is 10.7. The van der Waals surface area contributed by atoms with Gasteiger partial charge in [-0.2, -0.15) is 0 Å². The summed E-state index contributed by atoms with van der Waals surface area (Å²) in [7, 11) is -7.46. The highest BCUT2D eigenvalue weighted by Gasteiger charge is 2.20. The Morgan fingerprint density at radius 1 is 1.04 bits per heavy atom. The number of aryl methyl sites for hydroxylation is 1. The maximum atomic E-state index is 13.4. The van der Waals surface area contributed by atoms with Gasteiger partial charge >= 0.3 is 0 Å². The van der Waals surface area contributed by atoms with Crippen LogP contribution in [0.4, 0.5) is 10.1 Å². The maximum absolute atomic E-state index is 13.4. The zero-order valence-electron chi connectivity index (χ0n) is 13.8. The number of sulfonamides is 2. The number of nitrogens with zero attached hydrogens (tertiary/aromatic N) is 1. The van der Waals surface area contributed by atoms with Crippen LogP contribution in [-0.2, 0) is 20.0 Å². The van der Waals surface area contributed by atoms with Crippen molar-refractivity contribution in [2.75, 3.05) is 23.7 Å². The van der Waals surface area contributed by atoms with Gasteiger partial charge in [-0.25, -0.2) is 25.9 Å². The van der Waals surface area contributed by atoms with Gasteiger partial charge in [0.1, 0.15) is 5.82 Å². The molecule has 2 aromatic rings. The van der Waals surface area contributed by atoms with Crippen molar-refractivity contribution < 1.29 is 21.2 Å². The largest absolute Gasteiger partial charge is 0.269 e. The molecule has 25 heavy (non-hydrogen) atoms. The maximum Gasteiger partial charge on any atom is 0.240 e. The van der Waals surface area contributed by atoms with Gasteiger partial charge in [0, 0.05) is 13.1 Å². The molecule has 0 atom stereocenters. The molecular weight excluding hydrogens is 367 g/mol. The van der Waals surface area contributed by atoms with Gasteiger partial charge in [-0.3, -0.25) is 4.31 Å². The van der Waals surface area contributed by atoms with Gasteiger partial charge < -0.3 is 0 Å². The second kappa shape index (κ2) is 7.51. The number of rotatable bonds is 7. The van der Waals surface area contributed by atoms with Crippen LogP contribution in [0.15, 0.2) is 53.4 Å². The van der Waals surface area contributed by atoms with E-state index in [-0.39, 0.29) is 23.7 Å². The predicted octanol–water partition coefficient (Wildman–Crippen LogP) is 1.88. The van der Waals surface area contributed by atoms with Crippen LogP contribution in [0.2, 0.25) is 0 Å². The summed E-state index contributed by atoms with van der Waals surface area (Å²) >= 11 is 0. The van der Waals surface area contributed by atoms with Crippen LogP contribution in [0.1, 0.15) is 5.56 Å². The van der Waals surface area contributed by atoms with E-state index in [1.807, 2.05) is 0 Å². The summed E-state index contributed by atoms with van der Waals surface area (Å²) in [5, 5.41) is 0.